The molecule has 3 amide bonds. The van der Waals surface area contributed by atoms with E-state index in [1.54, 1.807) is 6.92 Å². The second kappa shape index (κ2) is 8.44. The molecule has 4 N–H and O–H groups in total. The molecule has 2 aliphatic heterocycles. The van der Waals surface area contributed by atoms with Crippen LogP contribution in [0.25, 0.3) is 0 Å². The Kier molecular flexibility index (Phi) is 6.13. The van der Waals surface area contributed by atoms with Crippen molar-refractivity contribution in [3.63, 3.8) is 0 Å². The van der Waals surface area contributed by atoms with Gasteiger partial charge in [0.1, 0.15) is 11.6 Å². The second-order valence-electron chi connectivity index (χ2n) is 10.0. The van der Waals surface area contributed by atoms with E-state index in [0.29, 0.717) is 45.1 Å². The Balaban J connectivity index is 1.57. The monoisotopic (exact) mass is 466 g/mol. The Labute approximate surface area is 189 Å². The Morgan fingerprint density at radius 1 is 1.19 bits per heavy atom. The van der Waals surface area contributed by atoms with Crippen LogP contribution in [-0.2, 0) is 24.4 Å². The normalized spacial score (nSPS) is 36.1. The third-order valence-corrected chi connectivity index (χ3v) is 9.67. The lowest BCUT2D eigenvalue weighted by Crippen LogP contribution is -2.58. The van der Waals surface area contributed by atoms with Gasteiger partial charge in [0, 0.05) is 12.5 Å². The number of carbonyl (C=O) groups excluding carboxylic acids is 3. The molecule has 3 fully saturated rings. The van der Waals surface area contributed by atoms with E-state index in [-0.39, 0.29) is 11.8 Å². The number of sulfonamides is 1. The molecule has 32 heavy (non-hydrogen) atoms. The Bertz CT molecular complexity index is 929. The van der Waals surface area contributed by atoms with Crippen molar-refractivity contribution in [2.45, 2.75) is 93.5 Å². The summed E-state index contributed by atoms with van der Waals surface area (Å²) in [4.78, 5) is 40.8. The zero-order chi connectivity index (χ0) is 23.1. The molecule has 1 saturated heterocycles. The lowest BCUT2D eigenvalue weighted by Gasteiger charge is -2.28. The number of fused-ring (bicyclic) bond motifs is 2. The maximum absolute atomic E-state index is 13.2. The van der Waals surface area contributed by atoms with Crippen molar-refractivity contribution in [1.82, 2.24) is 14.9 Å². The van der Waals surface area contributed by atoms with E-state index in [1.807, 2.05) is 12.2 Å². The minimum atomic E-state index is -3.82. The quantitative estimate of drug-likeness (QED) is 0.523. The second-order valence-corrected chi connectivity index (χ2v) is 12.2. The van der Waals surface area contributed by atoms with Gasteiger partial charge in [-0.3, -0.25) is 19.1 Å². The van der Waals surface area contributed by atoms with Gasteiger partial charge in [-0.05, 0) is 58.3 Å². The number of hydrogen-bond donors (Lipinski definition) is 3. The molecule has 2 aliphatic carbocycles. The van der Waals surface area contributed by atoms with Crippen molar-refractivity contribution in [1.29, 1.82) is 0 Å². The number of nitrogens with one attached hydrogen (secondary N) is 2. The summed E-state index contributed by atoms with van der Waals surface area (Å²) in [5, 5.41) is 2.84. The first-order valence-electron chi connectivity index (χ1n) is 11.7. The van der Waals surface area contributed by atoms with Crippen LogP contribution < -0.4 is 15.8 Å². The molecule has 2 saturated carbocycles. The molecule has 4 atom stereocenters. The first-order valence-corrected chi connectivity index (χ1v) is 13.2. The molecule has 0 aromatic carbocycles. The molecule has 0 aromatic rings. The van der Waals surface area contributed by atoms with Crippen molar-refractivity contribution < 1.29 is 22.8 Å². The predicted octanol–water partition coefficient (Wildman–Crippen LogP) is 0.698. The predicted molar refractivity (Wildman–Crippen MR) is 119 cm³/mol. The minimum absolute atomic E-state index is 0.231. The minimum Gasteiger partial charge on any atom is -0.339 e. The average molecular weight is 467 g/mol. The van der Waals surface area contributed by atoms with Gasteiger partial charge in [-0.1, -0.05) is 25.0 Å². The average Bonchev–Trinajstić information content (AvgIpc) is 3.59. The fourth-order valence-electron chi connectivity index (χ4n) is 4.77. The molecular formula is C22H34N4O5S. The van der Waals surface area contributed by atoms with Gasteiger partial charge in [-0.15, -0.1) is 0 Å². The molecule has 0 aromatic heterocycles. The molecule has 10 heteroatoms. The number of allylic oxidation sites excluding steroid dienone is 1. The molecule has 178 valence electrons. The molecule has 2 heterocycles. The lowest BCUT2D eigenvalue weighted by molar-refractivity contribution is -0.140. The summed E-state index contributed by atoms with van der Waals surface area (Å²) in [6.07, 6.45) is 10.6. The summed E-state index contributed by atoms with van der Waals surface area (Å²) in [5.74, 6) is -1.61. The lowest BCUT2D eigenvalue weighted by atomic mass is 10.1. The first kappa shape index (κ1) is 23.2. The standard InChI is InChI=1S/C22H34N4O5S/c1-21(11-12-21)32(30,31)25-20(29)22-14-15(22)8-5-3-2-4-6-9-16(23)19(28)26-13-7-10-17(26)18(27)24-22/h5,8,15-17H,2-4,6-7,9-14,23H2,1H3,(H,24,27)(H,25,29)/b8-5-/t15-,16+,17+,22-/m1/s1. The van der Waals surface area contributed by atoms with Crippen LogP contribution in [0.2, 0.25) is 0 Å². The van der Waals surface area contributed by atoms with Gasteiger partial charge in [0.05, 0.1) is 10.8 Å². The van der Waals surface area contributed by atoms with Crippen LogP contribution in [0.4, 0.5) is 0 Å². The fraction of sp³-hybridized carbons (Fsp3) is 0.773. The molecular weight excluding hydrogens is 432 g/mol. The zero-order valence-corrected chi connectivity index (χ0v) is 19.5. The molecule has 4 aliphatic rings. The maximum atomic E-state index is 13.2. The molecule has 0 radical (unpaired) electrons. The van der Waals surface area contributed by atoms with Crippen LogP contribution in [0, 0.1) is 5.92 Å². The van der Waals surface area contributed by atoms with E-state index in [9.17, 15) is 22.8 Å². The summed E-state index contributed by atoms with van der Waals surface area (Å²) < 4.78 is 26.6. The van der Waals surface area contributed by atoms with Crippen LogP contribution in [0.5, 0.6) is 0 Å². The zero-order valence-electron chi connectivity index (χ0n) is 18.6. The SMILES string of the molecule is CC1(S(=O)(=O)NC(=O)[C@@]23C[C@H]2/C=C\CCCCC[C@H](N)C(=O)N2CCC[C@H]2C(=O)N3)CC1. The fourth-order valence-corrected chi connectivity index (χ4v) is 6.08. The number of amides is 3. The van der Waals surface area contributed by atoms with Gasteiger partial charge in [-0.25, -0.2) is 8.42 Å². The van der Waals surface area contributed by atoms with Gasteiger partial charge in [0.25, 0.3) is 5.91 Å². The number of nitrogens with zero attached hydrogens (tertiary/aromatic N) is 1. The van der Waals surface area contributed by atoms with Crippen molar-refractivity contribution in [2.24, 2.45) is 11.7 Å². The highest BCUT2D eigenvalue weighted by Crippen LogP contribution is 2.47. The molecule has 0 bridgehead atoms. The van der Waals surface area contributed by atoms with Crippen molar-refractivity contribution in [3.8, 4) is 0 Å². The number of rotatable bonds is 3. The highest BCUT2D eigenvalue weighted by Gasteiger charge is 2.62. The van der Waals surface area contributed by atoms with Crippen LogP contribution in [0.15, 0.2) is 12.2 Å². The third kappa shape index (κ3) is 4.31. The van der Waals surface area contributed by atoms with Gasteiger partial charge >= 0.3 is 0 Å². The van der Waals surface area contributed by atoms with Crippen LogP contribution in [0.3, 0.4) is 0 Å². The van der Waals surface area contributed by atoms with E-state index < -0.39 is 44.2 Å². The Hall–Kier alpha value is -1.94. The van der Waals surface area contributed by atoms with Crippen LogP contribution in [0.1, 0.15) is 71.1 Å². The van der Waals surface area contributed by atoms with Gasteiger partial charge < -0.3 is 16.0 Å². The molecule has 9 nitrogen and oxygen atoms in total. The summed E-state index contributed by atoms with van der Waals surface area (Å²) in [6.45, 7) is 2.07. The summed E-state index contributed by atoms with van der Waals surface area (Å²) in [5.41, 5.74) is 4.82. The molecule has 0 spiro atoms. The molecule has 4 rings (SSSR count). The van der Waals surface area contributed by atoms with Crippen molar-refractivity contribution in [2.75, 3.05) is 6.54 Å². The third-order valence-electron chi connectivity index (χ3n) is 7.51. The van der Waals surface area contributed by atoms with Crippen LogP contribution in [-0.4, -0.2) is 60.0 Å². The van der Waals surface area contributed by atoms with E-state index in [4.69, 9.17) is 5.73 Å². The highest BCUT2D eigenvalue weighted by atomic mass is 32.2. The van der Waals surface area contributed by atoms with E-state index in [0.717, 1.165) is 25.7 Å². The largest absolute Gasteiger partial charge is 0.339 e. The van der Waals surface area contributed by atoms with Gasteiger partial charge in [0.15, 0.2) is 0 Å². The summed E-state index contributed by atoms with van der Waals surface area (Å²) in [7, 11) is -3.82. The summed E-state index contributed by atoms with van der Waals surface area (Å²) in [6, 6.07) is -1.33. The highest BCUT2D eigenvalue weighted by molar-refractivity contribution is 7.91. The van der Waals surface area contributed by atoms with E-state index >= 15 is 0 Å². The number of carbonyl (C=O) groups is 3. The topological polar surface area (TPSA) is 139 Å². The van der Waals surface area contributed by atoms with Crippen molar-refractivity contribution >= 4 is 27.7 Å². The van der Waals surface area contributed by atoms with E-state index in [1.165, 1.54) is 4.90 Å². The summed E-state index contributed by atoms with van der Waals surface area (Å²) >= 11 is 0. The Morgan fingerprint density at radius 2 is 1.94 bits per heavy atom. The van der Waals surface area contributed by atoms with Gasteiger partial charge in [0.2, 0.25) is 21.8 Å². The van der Waals surface area contributed by atoms with Gasteiger partial charge in [-0.2, -0.15) is 0 Å². The Morgan fingerprint density at radius 3 is 2.66 bits per heavy atom. The van der Waals surface area contributed by atoms with Crippen LogP contribution >= 0.6 is 0 Å². The maximum Gasteiger partial charge on any atom is 0.259 e. The smallest absolute Gasteiger partial charge is 0.259 e. The van der Waals surface area contributed by atoms with Crippen molar-refractivity contribution in [3.05, 3.63) is 12.2 Å². The molecule has 0 unspecified atom stereocenters. The number of nitrogens with two attached hydrogens (primary N) is 1. The number of hydrogen-bond acceptors (Lipinski definition) is 6. The van der Waals surface area contributed by atoms with E-state index in [2.05, 4.69) is 10.0 Å². The first-order chi connectivity index (χ1) is 15.1.